The number of anilines is 1. The van der Waals surface area contributed by atoms with Crippen LogP contribution in [-0.2, 0) is 16.0 Å². The highest BCUT2D eigenvalue weighted by Gasteiger charge is 2.21. The lowest BCUT2D eigenvalue weighted by molar-refractivity contribution is -0.141. The summed E-state index contributed by atoms with van der Waals surface area (Å²) in [5.41, 5.74) is 3.72. The molecular weight excluding hydrogens is 354 g/mol. The molecule has 1 atom stereocenters. The highest BCUT2D eigenvalue weighted by molar-refractivity contribution is 5.94. The number of nitrogens with one attached hydrogen (secondary N) is 2. The van der Waals surface area contributed by atoms with E-state index in [1.54, 1.807) is 12.3 Å². The lowest BCUT2D eigenvalue weighted by Crippen LogP contribution is -2.41. The molecule has 1 amide bonds. The van der Waals surface area contributed by atoms with E-state index in [0.717, 1.165) is 27.7 Å². The zero-order valence-electron chi connectivity index (χ0n) is 15.8. The van der Waals surface area contributed by atoms with E-state index in [9.17, 15) is 14.7 Å². The van der Waals surface area contributed by atoms with Crippen molar-refractivity contribution in [3.8, 4) is 0 Å². The number of rotatable bonds is 7. The number of aromatic amines is 1. The molecule has 0 fully saturated rings. The van der Waals surface area contributed by atoms with Crippen LogP contribution in [-0.4, -0.2) is 42.1 Å². The Bertz CT molecular complexity index is 1000. The van der Waals surface area contributed by atoms with Gasteiger partial charge in [0.25, 0.3) is 0 Å². The van der Waals surface area contributed by atoms with Crippen molar-refractivity contribution in [2.45, 2.75) is 12.5 Å². The maximum atomic E-state index is 12.2. The second-order valence-electron chi connectivity index (χ2n) is 6.78. The van der Waals surface area contributed by atoms with Crippen LogP contribution in [0.25, 0.3) is 17.0 Å². The lowest BCUT2D eigenvalue weighted by atomic mass is 10.0. The average molecular weight is 377 g/mol. The third-order valence-electron chi connectivity index (χ3n) is 4.55. The number of fused-ring (bicyclic) bond motifs is 1. The van der Waals surface area contributed by atoms with Crippen molar-refractivity contribution >= 4 is 34.5 Å². The summed E-state index contributed by atoms with van der Waals surface area (Å²) in [6, 6.07) is 14.4. The Hall–Kier alpha value is -3.54. The molecule has 0 saturated heterocycles. The minimum atomic E-state index is -1.07. The number of carboxylic acid groups (broad SMARTS) is 1. The van der Waals surface area contributed by atoms with Gasteiger partial charge in [-0.3, -0.25) is 4.79 Å². The topological polar surface area (TPSA) is 85.4 Å². The molecule has 1 aromatic heterocycles. The number of para-hydroxylation sites is 1. The molecular formula is C22H23N3O3. The van der Waals surface area contributed by atoms with Gasteiger partial charge in [0.15, 0.2) is 0 Å². The summed E-state index contributed by atoms with van der Waals surface area (Å²) < 4.78 is 0. The van der Waals surface area contributed by atoms with Gasteiger partial charge >= 0.3 is 5.97 Å². The van der Waals surface area contributed by atoms with Crippen LogP contribution in [0.1, 0.15) is 11.1 Å². The predicted octanol–water partition coefficient (Wildman–Crippen LogP) is 3.06. The number of aromatic nitrogens is 1. The summed E-state index contributed by atoms with van der Waals surface area (Å²) in [5.74, 6) is -1.51. The van der Waals surface area contributed by atoms with Crippen LogP contribution < -0.4 is 10.2 Å². The highest BCUT2D eigenvalue weighted by Crippen LogP contribution is 2.19. The summed E-state index contributed by atoms with van der Waals surface area (Å²) >= 11 is 0. The maximum Gasteiger partial charge on any atom is 0.326 e. The van der Waals surface area contributed by atoms with Gasteiger partial charge in [0.05, 0.1) is 0 Å². The van der Waals surface area contributed by atoms with Gasteiger partial charge in [0.2, 0.25) is 5.91 Å². The van der Waals surface area contributed by atoms with E-state index >= 15 is 0 Å². The van der Waals surface area contributed by atoms with Crippen LogP contribution in [0, 0.1) is 0 Å². The summed E-state index contributed by atoms with van der Waals surface area (Å²) in [4.78, 5) is 29.0. The van der Waals surface area contributed by atoms with E-state index in [1.165, 1.54) is 6.08 Å². The van der Waals surface area contributed by atoms with Gasteiger partial charge in [-0.15, -0.1) is 0 Å². The van der Waals surface area contributed by atoms with E-state index in [1.807, 2.05) is 67.5 Å². The number of nitrogens with zero attached hydrogens (tertiary/aromatic N) is 1. The first-order valence-electron chi connectivity index (χ1n) is 8.98. The molecule has 28 heavy (non-hydrogen) atoms. The van der Waals surface area contributed by atoms with Crippen LogP contribution >= 0.6 is 0 Å². The number of carbonyl (C=O) groups is 2. The number of hydrogen-bond acceptors (Lipinski definition) is 3. The normalized spacial score (nSPS) is 12.2. The first kappa shape index (κ1) is 19.2. The van der Waals surface area contributed by atoms with Gasteiger partial charge in [-0.2, -0.15) is 0 Å². The molecule has 0 spiro atoms. The monoisotopic (exact) mass is 377 g/mol. The smallest absolute Gasteiger partial charge is 0.326 e. The van der Waals surface area contributed by atoms with Gasteiger partial charge in [-0.1, -0.05) is 30.3 Å². The Morgan fingerprint density at radius 1 is 1.14 bits per heavy atom. The van der Waals surface area contributed by atoms with E-state index in [-0.39, 0.29) is 6.42 Å². The standard InChI is InChI=1S/C22H23N3O3/c1-25(2)17-10-7-15(8-11-17)9-12-21(26)24-20(22(27)28)13-16-14-23-19-6-4-3-5-18(16)19/h3-12,14,20,23H,13H2,1-2H3,(H,24,26)(H,27,28). The SMILES string of the molecule is CN(C)c1ccc(C=CC(=O)NC(Cc2c[nH]c3ccccc23)C(=O)O)cc1. The molecule has 3 rings (SSSR count). The molecule has 6 nitrogen and oxygen atoms in total. The van der Waals surface area contributed by atoms with E-state index in [0.29, 0.717) is 0 Å². The Balaban J connectivity index is 1.66. The van der Waals surface area contributed by atoms with Gasteiger partial charge in [-0.25, -0.2) is 4.79 Å². The van der Waals surface area contributed by atoms with Crippen LogP contribution in [0.3, 0.4) is 0 Å². The fraction of sp³-hybridized carbons (Fsp3) is 0.182. The average Bonchev–Trinajstić information content (AvgIpc) is 3.09. The second-order valence-corrected chi connectivity index (χ2v) is 6.78. The van der Waals surface area contributed by atoms with E-state index < -0.39 is 17.9 Å². The molecule has 0 saturated carbocycles. The summed E-state index contributed by atoms with van der Waals surface area (Å²) in [7, 11) is 3.91. The Labute approximate surface area is 163 Å². The predicted molar refractivity (Wildman–Crippen MR) is 111 cm³/mol. The van der Waals surface area contributed by atoms with Crippen molar-refractivity contribution in [2.24, 2.45) is 0 Å². The van der Waals surface area contributed by atoms with Crippen LogP contribution in [0.2, 0.25) is 0 Å². The molecule has 0 aliphatic heterocycles. The minimum Gasteiger partial charge on any atom is -0.480 e. The highest BCUT2D eigenvalue weighted by atomic mass is 16.4. The number of carbonyl (C=O) groups excluding carboxylic acids is 1. The largest absolute Gasteiger partial charge is 0.480 e. The second kappa shape index (κ2) is 8.43. The van der Waals surface area contributed by atoms with Crippen LogP contribution in [0.5, 0.6) is 0 Å². The van der Waals surface area contributed by atoms with E-state index in [4.69, 9.17) is 0 Å². The molecule has 2 aromatic carbocycles. The summed E-state index contributed by atoms with van der Waals surface area (Å²) in [6.45, 7) is 0. The van der Waals surface area contributed by atoms with Crippen molar-refractivity contribution in [2.75, 3.05) is 19.0 Å². The van der Waals surface area contributed by atoms with E-state index in [2.05, 4.69) is 10.3 Å². The number of carboxylic acids is 1. The molecule has 0 bridgehead atoms. The van der Waals surface area contributed by atoms with Crippen molar-refractivity contribution in [3.63, 3.8) is 0 Å². The number of amides is 1. The fourth-order valence-electron chi connectivity index (χ4n) is 3.00. The third kappa shape index (κ3) is 4.59. The molecule has 0 radical (unpaired) electrons. The summed E-state index contributed by atoms with van der Waals surface area (Å²) in [5, 5.41) is 13.0. The molecule has 0 aliphatic rings. The van der Waals surface area contributed by atoms with Gasteiger partial charge in [-0.05, 0) is 35.4 Å². The number of H-pyrrole nitrogens is 1. The van der Waals surface area contributed by atoms with Crippen LogP contribution in [0.15, 0.2) is 60.8 Å². The first-order chi connectivity index (χ1) is 13.4. The van der Waals surface area contributed by atoms with Gasteiger partial charge < -0.3 is 20.3 Å². The molecule has 1 heterocycles. The molecule has 0 aliphatic carbocycles. The number of aliphatic carboxylic acids is 1. The van der Waals surface area contributed by atoms with Crippen LogP contribution in [0.4, 0.5) is 5.69 Å². The Morgan fingerprint density at radius 2 is 1.86 bits per heavy atom. The number of hydrogen-bond donors (Lipinski definition) is 3. The molecule has 144 valence electrons. The fourth-order valence-corrected chi connectivity index (χ4v) is 3.00. The molecule has 6 heteroatoms. The molecule has 3 aromatic rings. The molecule has 1 unspecified atom stereocenters. The minimum absolute atomic E-state index is 0.205. The quantitative estimate of drug-likeness (QED) is 0.553. The van der Waals surface area contributed by atoms with Crippen molar-refractivity contribution in [3.05, 3.63) is 71.9 Å². The van der Waals surface area contributed by atoms with Gasteiger partial charge in [0, 0.05) is 49.4 Å². The summed E-state index contributed by atoms with van der Waals surface area (Å²) in [6.07, 6.45) is 5.01. The Kier molecular flexibility index (Phi) is 5.79. The van der Waals surface area contributed by atoms with Crippen molar-refractivity contribution in [1.82, 2.24) is 10.3 Å². The van der Waals surface area contributed by atoms with Crippen molar-refractivity contribution in [1.29, 1.82) is 0 Å². The third-order valence-corrected chi connectivity index (χ3v) is 4.55. The Morgan fingerprint density at radius 3 is 2.54 bits per heavy atom. The first-order valence-corrected chi connectivity index (χ1v) is 8.98. The number of benzene rings is 2. The maximum absolute atomic E-state index is 12.2. The lowest BCUT2D eigenvalue weighted by Gasteiger charge is -2.13. The van der Waals surface area contributed by atoms with Crippen molar-refractivity contribution < 1.29 is 14.7 Å². The zero-order chi connectivity index (χ0) is 20.1. The molecule has 3 N–H and O–H groups in total. The zero-order valence-corrected chi connectivity index (χ0v) is 15.8. The van der Waals surface area contributed by atoms with Gasteiger partial charge in [0.1, 0.15) is 6.04 Å².